The Morgan fingerprint density at radius 2 is 2.00 bits per heavy atom. The van der Waals surface area contributed by atoms with Gasteiger partial charge >= 0.3 is 6.03 Å². The first-order chi connectivity index (χ1) is 9.88. The highest BCUT2D eigenvalue weighted by Crippen LogP contribution is 2.19. The van der Waals surface area contributed by atoms with E-state index in [1.807, 2.05) is 45.9 Å². The number of hydrogen-bond donors (Lipinski definition) is 2. The molecule has 6 heteroatoms. The summed E-state index contributed by atoms with van der Waals surface area (Å²) in [5, 5.41) is 9.92. The van der Waals surface area contributed by atoms with Gasteiger partial charge in [0.15, 0.2) is 0 Å². The lowest BCUT2D eigenvalue weighted by Crippen LogP contribution is -2.34. The Morgan fingerprint density at radius 3 is 2.62 bits per heavy atom. The van der Waals surface area contributed by atoms with E-state index in [2.05, 4.69) is 20.7 Å². The van der Waals surface area contributed by atoms with Crippen molar-refractivity contribution in [2.45, 2.75) is 39.3 Å². The molecule has 112 valence electrons. The molecule has 0 saturated carbocycles. The molecule has 0 fully saturated rings. The second-order valence-corrected chi connectivity index (χ2v) is 5.87. The van der Waals surface area contributed by atoms with Crippen LogP contribution in [0.3, 0.4) is 0 Å². The van der Waals surface area contributed by atoms with Gasteiger partial charge in [-0.2, -0.15) is 5.10 Å². The molecule has 0 aliphatic carbocycles. The Kier molecular flexibility index (Phi) is 4.26. The molecule has 2 heterocycles. The van der Waals surface area contributed by atoms with Crippen LogP contribution in [0.5, 0.6) is 0 Å². The number of pyridine rings is 1. The van der Waals surface area contributed by atoms with Gasteiger partial charge in [0.25, 0.3) is 0 Å². The molecule has 2 amide bonds. The van der Waals surface area contributed by atoms with Crippen molar-refractivity contribution in [3.63, 3.8) is 0 Å². The van der Waals surface area contributed by atoms with Crippen molar-refractivity contribution < 1.29 is 4.79 Å². The van der Waals surface area contributed by atoms with Gasteiger partial charge in [-0.15, -0.1) is 0 Å². The SMILES string of the molecule is C[C@H](NC(=O)Nc1ccnn1C(C)(C)C)c1ccccn1. The average molecular weight is 287 g/mol. The summed E-state index contributed by atoms with van der Waals surface area (Å²) >= 11 is 0. The lowest BCUT2D eigenvalue weighted by molar-refractivity contribution is 0.248. The maximum Gasteiger partial charge on any atom is 0.320 e. The summed E-state index contributed by atoms with van der Waals surface area (Å²) in [6.45, 7) is 7.97. The van der Waals surface area contributed by atoms with Crippen LogP contribution >= 0.6 is 0 Å². The minimum absolute atomic E-state index is 0.169. The fraction of sp³-hybridized carbons (Fsp3) is 0.400. The van der Waals surface area contributed by atoms with Crippen molar-refractivity contribution in [3.8, 4) is 0 Å². The summed E-state index contributed by atoms with van der Waals surface area (Å²) in [7, 11) is 0. The average Bonchev–Trinajstić information content (AvgIpc) is 2.87. The van der Waals surface area contributed by atoms with Gasteiger partial charge in [0.2, 0.25) is 0 Å². The van der Waals surface area contributed by atoms with Crippen LogP contribution in [0.25, 0.3) is 0 Å². The fourth-order valence-electron chi connectivity index (χ4n) is 1.99. The Labute approximate surface area is 124 Å². The van der Waals surface area contributed by atoms with Crippen molar-refractivity contribution in [3.05, 3.63) is 42.4 Å². The van der Waals surface area contributed by atoms with Crippen LogP contribution in [-0.2, 0) is 5.54 Å². The number of urea groups is 1. The van der Waals surface area contributed by atoms with E-state index < -0.39 is 0 Å². The number of nitrogens with one attached hydrogen (secondary N) is 2. The summed E-state index contributed by atoms with van der Waals surface area (Å²) in [6, 6.07) is 6.95. The summed E-state index contributed by atoms with van der Waals surface area (Å²) < 4.78 is 1.78. The molecule has 0 bridgehead atoms. The number of anilines is 1. The lowest BCUT2D eigenvalue weighted by Gasteiger charge is -2.22. The second kappa shape index (κ2) is 5.95. The minimum Gasteiger partial charge on any atom is -0.330 e. The quantitative estimate of drug-likeness (QED) is 0.911. The summed E-state index contributed by atoms with van der Waals surface area (Å²) in [5.74, 6) is 0.660. The monoisotopic (exact) mass is 287 g/mol. The molecule has 6 nitrogen and oxygen atoms in total. The van der Waals surface area contributed by atoms with Gasteiger partial charge in [-0.05, 0) is 39.8 Å². The third-order valence-corrected chi connectivity index (χ3v) is 3.00. The number of hydrogen-bond acceptors (Lipinski definition) is 3. The van der Waals surface area contributed by atoms with Gasteiger partial charge in [-0.25, -0.2) is 9.48 Å². The van der Waals surface area contributed by atoms with Gasteiger partial charge in [0, 0.05) is 12.3 Å². The molecule has 2 N–H and O–H groups in total. The minimum atomic E-state index is -0.279. The molecule has 2 rings (SSSR count). The number of carbonyl (C=O) groups excluding carboxylic acids is 1. The lowest BCUT2D eigenvalue weighted by atomic mass is 10.1. The summed E-state index contributed by atoms with van der Waals surface area (Å²) in [4.78, 5) is 16.3. The van der Waals surface area contributed by atoms with Crippen LogP contribution in [0.1, 0.15) is 39.4 Å². The van der Waals surface area contributed by atoms with Crippen molar-refractivity contribution >= 4 is 11.8 Å². The number of nitrogens with zero attached hydrogens (tertiary/aromatic N) is 3. The topological polar surface area (TPSA) is 71.8 Å². The highest BCUT2D eigenvalue weighted by atomic mass is 16.2. The summed E-state index contributed by atoms with van der Waals surface area (Å²) in [6.07, 6.45) is 3.38. The first-order valence-corrected chi connectivity index (χ1v) is 6.91. The highest BCUT2D eigenvalue weighted by molar-refractivity contribution is 5.88. The van der Waals surface area contributed by atoms with Crippen molar-refractivity contribution in [1.29, 1.82) is 0 Å². The maximum absolute atomic E-state index is 12.1. The molecule has 0 saturated heterocycles. The normalized spacial score (nSPS) is 12.8. The fourth-order valence-corrected chi connectivity index (χ4v) is 1.99. The van der Waals surface area contributed by atoms with Crippen LogP contribution in [0, 0.1) is 0 Å². The molecule has 0 spiro atoms. The van der Waals surface area contributed by atoms with E-state index >= 15 is 0 Å². The Bertz CT molecular complexity index is 600. The highest BCUT2D eigenvalue weighted by Gasteiger charge is 2.19. The predicted octanol–water partition coefficient (Wildman–Crippen LogP) is 2.92. The molecule has 0 aliphatic rings. The van der Waals surface area contributed by atoms with E-state index in [1.165, 1.54) is 0 Å². The number of aromatic nitrogens is 3. The van der Waals surface area contributed by atoms with E-state index in [1.54, 1.807) is 23.1 Å². The molecular weight excluding hydrogens is 266 g/mol. The van der Waals surface area contributed by atoms with Crippen LogP contribution < -0.4 is 10.6 Å². The molecule has 2 aromatic heterocycles. The van der Waals surface area contributed by atoms with Gasteiger partial charge in [0.05, 0.1) is 23.5 Å². The van der Waals surface area contributed by atoms with E-state index in [0.29, 0.717) is 5.82 Å². The number of rotatable bonds is 3. The molecule has 0 unspecified atom stereocenters. The molecule has 21 heavy (non-hydrogen) atoms. The van der Waals surface area contributed by atoms with Gasteiger partial charge in [-0.3, -0.25) is 10.3 Å². The third-order valence-electron chi connectivity index (χ3n) is 3.00. The van der Waals surface area contributed by atoms with Crippen LogP contribution in [0.15, 0.2) is 36.7 Å². The number of carbonyl (C=O) groups is 1. The first kappa shape index (κ1) is 15.0. The smallest absolute Gasteiger partial charge is 0.320 e. The zero-order valence-electron chi connectivity index (χ0n) is 12.8. The van der Waals surface area contributed by atoms with Crippen LogP contribution in [-0.4, -0.2) is 20.8 Å². The zero-order valence-corrected chi connectivity index (χ0v) is 12.8. The van der Waals surface area contributed by atoms with E-state index in [4.69, 9.17) is 0 Å². The second-order valence-electron chi connectivity index (χ2n) is 5.87. The Morgan fingerprint density at radius 1 is 1.24 bits per heavy atom. The zero-order chi connectivity index (χ0) is 15.5. The van der Waals surface area contributed by atoms with Gasteiger partial charge < -0.3 is 5.32 Å². The van der Waals surface area contributed by atoms with Gasteiger partial charge in [0.1, 0.15) is 5.82 Å². The van der Waals surface area contributed by atoms with Gasteiger partial charge in [-0.1, -0.05) is 6.07 Å². The van der Waals surface area contributed by atoms with E-state index in [-0.39, 0.29) is 17.6 Å². The molecule has 1 atom stereocenters. The van der Waals surface area contributed by atoms with E-state index in [9.17, 15) is 4.79 Å². The first-order valence-electron chi connectivity index (χ1n) is 6.91. The van der Waals surface area contributed by atoms with Crippen molar-refractivity contribution in [2.75, 3.05) is 5.32 Å². The molecule has 0 radical (unpaired) electrons. The molecule has 2 aromatic rings. The third kappa shape index (κ3) is 3.81. The largest absolute Gasteiger partial charge is 0.330 e. The number of amides is 2. The Hall–Kier alpha value is -2.37. The standard InChI is InChI=1S/C15H21N5O/c1-11(12-7-5-6-9-16-12)18-14(21)19-13-8-10-17-20(13)15(2,3)4/h5-11H,1-4H3,(H2,18,19,21)/t11-/m0/s1. The van der Waals surface area contributed by atoms with Crippen molar-refractivity contribution in [2.24, 2.45) is 0 Å². The predicted molar refractivity (Wildman–Crippen MR) is 82.0 cm³/mol. The molecular formula is C15H21N5O. The molecule has 0 aromatic carbocycles. The maximum atomic E-state index is 12.1. The molecule has 0 aliphatic heterocycles. The van der Waals surface area contributed by atoms with Crippen molar-refractivity contribution in [1.82, 2.24) is 20.1 Å². The van der Waals surface area contributed by atoms with Crippen LogP contribution in [0.4, 0.5) is 10.6 Å². The van der Waals surface area contributed by atoms with Crippen LogP contribution in [0.2, 0.25) is 0 Å². The van der Waals surface area contributed by atoms with E-state index in [0.717, 1.165) is 5.69 Å². The Balaban J connectivity index is 2.01. The summed E-state index contributed by atoms with van der Waals surface area (Å²) in [5.41, 5.74) is 0.621.